The van der Waals surface area contributed by atoms with Crippen LogP contribution in [0, 0.1) is 17.8 Å². The quantitative estimate of drug-likeness (QED) is 0.766. The largest absolute Gasteiger partial charge is 0.481 e. The summed E-state index contributed by atoms with van der Waals surface area (Å²) in [4.78, 5) is 23.2. The maximum Gasteiger partial charge on any atom is 0.307 e. The van der Waals surface area contributed by atoms with Crippen LogP contribution in [0.5, 0.6) is 0 Å². The van der Waals surface area contributed by atoms with E-state index in [0.29, 0.717) is 18.8 Å². The number of carboxylic acids is 1. The lowest BCUT2D eigenvalue weighted by molar-refractivity contribution is -0.146. The molecule has 4 atom stereocenters. The molecule has 104 valence electrons. The molecule has 0 aromatic heterocycles. The molecule has 0 aromatic carbocycles. The Kier molecular flexibility index (Phi) is 5.63. The number of unbranched alkanes of at least 4 members (excludes halogenated alkanes) is 1. The number of hydrogen-bond donors (Lipinski definition) is 2. The molecule has 1 aliphatic carbocycles. The van der Waals surface area contributed by atoms with E-state index < -0.39 is 11.9 Å². The highest BCUT2D eigenvalue weighted by atomic mass is 16.4. The van der Waals surface area contributed by atoms with Crippen molar-refractivity contribution in [2.75, 3.05) is 0 Å². The third-order valence-corrected chi connectivity index (χ3v) is 3.83. The summed E-state index contributed by atoms with van der Waals surface area (Å²) in [6, 6.07) is 0.141. The molecule has 1 fully saturated rings. The molecular formula is C14H25NO3. The van der Waals surface area contributed by atoms with Gasteiger partial charge >= 0.3 is 5.97 Å². The first kappa shape index (κ1) is 15.0. The predicted molar refractivity (Wildman–Crippen MR) is 70.1 cm³/mol. The molecule has 1 aliphatic rings. The monoisotopic (exact) mass is 255 g/mol. The molecule has 0 heterocycles. The molecule has 2 unspecified atom stereocenters. The maximum atomic E-state index is 12.1. The van der Waals surface area contributed by atoms with E-state index in [-0.39, 0.29) is 17.9 Å². The van der Waals surface area contributed by atoms with Gasteiger partial charge in [-0.25, -0.2) is 0 Å². The highest BCUT2D eigenvalue weighted by molar-refractivity contribution is 5.85. The zero-order valence-corrected chi connectivity index (χ0v) is 11.6. The fourth-order valence-electron chi connectivity index (χ4n) is 2.79. The summed E-state index contributed by atoms with van der Waals surface area (Å²) in [6.07, 6.45) is 4.48. The number of carboxylic acid groups (broad SMARTS) is 1. The fourth-order valence-corrected chi connectivity index (χ4v) is 2.79. The third kappa shape index (κ3) is 4.00. The van der Waals surface area contributed by atoms with Gasteiger partial charge in [0.2, 0.25) is 5.91 Å². The Labute approximate surface area is 109 Å². The summed E-state index contributed by atoms with van der Waals surface area (Å²) in [5.41, 5.74) is 0. The van der Waals surface area contributed by atoms with Gasteiger partial charge in [-0.15, -0.1) is 0 Å². The minimum absolute atomic E-state index is 0.0737. The number of aliphatic carboxylic acids is 1. The normalized spacial score (nSPS) is 28.9. The van der Waals surface area contributed by atoms with Gasteiger partial charge in [-0.2, -0.15) is 0 Å². The van der Waals surface area contributed by atoms with E-state index in [4.69, 9.17) is 5.11 Å². The lowest BCUT2D eigenvalue weighted by atomic mass is 9.95. The highest BCUT2D eigenvalue weighted by Gasteiger charge is 2.41. The average molecular weight is 255 g/mol. The van der Waals surface area contributed by atoms with Crippen LogP contribution in [-0.2, 0) is 9.59 Å². The van der Waals surface area contributed by atoms with E-state index in [1.54, 1.807) is 0 Å². The average Bonchev–Trinajstić information content (AvgIpc) is 2.69. The minimum Gasteiger partial charge on any atom is -0.481 e. The van der Waals surface area contributed by atoms with Gasteiger partial charge < -0.3 is 10.4 Å². The molecule has 4 nitrogen and oxygen atoms in total. The standard InChI is InChI=1S/C14H25NO3/c1-4-5-6-10(3)15-13(16)11-7-9(2)8-12(11)14(17)18/h9-12H,4-8H2,1-3H3,(H,15,16)(H,17,18)/t9?,10?,11-,12+/m0/s1. The number of carbonyl (C=O) groups is 2. The molecule has 4 heteroatoms. The number of rotatable bonds is 6. The SMILES string of the molecule is CCCCC(C)NC(=O)[C@H]1CC(C)C[C@H]1C(=O)O. The van der Waals surface area contributed by atoms with Gasteiger partial charge in [-0.05, 0) is 32.1 Å². The zero-order valence-electron chi connectivity index (χ0n) is 11.6. The molecule has 0 radical (unpaired) electrons. The van der Waals surface area contributed by atoms with Crippen molar-refractivity contribution in [2.45, 2.75) is 58.9 Å². The first-order valence-electron chi connectivity index (χ1n) is 6.98. The van der Waals surface area contributed by atoms with E-state index in [0.717, 1.165) is 19.3 Å². The molecule has 0 saturated heterocycles. The van der Waals surface area contributed by atoms with Crippen LogP contribution in [0.2, 0.25) is 0 Å². The van der Waals surface area contributed by atoms with Gasteiger partial charge in [-0.3, -0.25) is 9.59 Å². The second kappa shape index (κ2) is 6.76. The summed E-state index contributed by atoms with van der Waals surface area (Å²) in [7, 11) is 0. The molecule has 1 amide bonds. The smallest absolute Gasteiger partial charge is 0.307 e. The number of nitrogens with one attached hydrogen (secondary N) is 1. The van der Waals surface area contributed by atoms with E-state index in [1.165, 1.54) is 0 Å². The van der Waals surface area contributed by atoms with E-state index in [9.17, 15) is 9.59 Å². The number of hydrogen-bond acceptors (Lipinski definition) is 2. The summed E-state index contributed by atoms with van der Waals surface area (Å²) in [5, 5.41) is 12.1. The molecule has 0 spiro atoms. The molecule has 1 saturated carbocycles. The maximum absolute atomic E-state index is 12.1. The van der Waals surface area contributed by atoms with Crippen molar-refractivity contribution >= 4 is 11.9 Å². The van der Waals surface area contributed by atoms with Crippen LogP contribution in [0.25, 0.3) is 0 Å². The summed E-state index contributed by atoms with van der Waals surface area (Å²) < 4.78 is 0. The second-order valence-electron chi connectivity index (χ2n) is 5.68. The van der Waals surface area contributed by atoms with Crippen LogP contribution in [-0.4, -0.2) is 23.0 Å². The van der Waals surface area contributed by atoms with Crippen LogP contribution < -0.4 is 5.32 Å². The highest BCUT2D eigenvalue weighted by Crippen LogP contribution is 2.36. The minimum atomic E-state index is -0.833. The molecular weight excluding hydrogens is 230 g/mol. The van der Waals surface area contributed by atoms with Gasteiger partial charge in [0.15, 0.2) is 0 Å². The fraction of sp³-hybridized carbons (Fsp3) is 0.857. The van der Waals surface area contributed by atoms with Crippen molar-refractivity contribution in [3.8, 4) is 0 Å². The Morgan fingerprint density at radius 1 is 1.33 bits per heavy atom. The van der Waals surface area contributed by atoms with Crippen LogP contribution in [0.15, 0.2) is 0 Å². The van der Waals surface area contributed by atoms with Crippen molar-refractivity contribution in [1.82, 2.24) is 5.32 Å². The van der Waals surface area contributed by atoms with Crippen molar-refractivity contribution in [1.29, 1.82) is 0 Å². The van der Waals surface area contributed by atoms with Gasteiger partial charge in [0.05, 0.1) is 11.8 Å². The summed E-state index contributed by atoms with van der Waals surface area (Å²) in [5.74, 6) is -1.43. The van der Waals surface area contributed by atoms with Crippen molar-refractivity contribution < 1.29 is 14.7 Å². The second-order valence-corrected chi connectivity index (χ2v) is 5.68. The van der Waals surface area contributed by atoms with Gasteiger partial charge in [0.25, 0.3) is 0 Å². The molecule has 1 rings (SSSR count). The van der Waals surface area contributed by atoms with Gasteiger partial charge in [-0.1, -0.05) is 26.7 Å². The Morgan fingerprint density at radius 3 is 2.50 bits per heavy atom. The van der Waals surface area contributed by atoms with Crippen LogP contribution in [0.3, 0.4) is 0 Å². The van der Waals surface area contributed by atoms with Crippen LogP contribution >= 0.6 is 0 Å². The van der Waals surface area contributed by atoms with Crippen LogP contribution in [0.4, 0.5) is 0 Å². The Bertz CT molecular complexity index is 303. The van der Waals surface area contributed by atoms with Gasteiger partial charge in [0.1, 0.15) is 0 Å². The molecule has 0 aliphatic heterocycles. The Balaban J connectivity index is 2.52. The molecule has 2 N–H and O–H groups in total. The zero-order chi connectivity index (χ0) is 13.7. The first-order chi connectivity index (χ1) is 8.45. The van der Waals surface area contributed by atoms with Crippen LogP contribution in [0.1, 0.15) is 52.9 Å². The predicted octanol–water partition coefficient (Wildman–Crippen LogP) is 2.43. The number of carbonyl (C=O) groups excluding carboxylic acids is 1. The molecule has 0 aromatic rings. The Hall–Kier alpha value is -1.06. The lowest BCUT2D eigenvalue weighted by Crippen LogP contribution is -2.40. The van der Waals surface area contributed by atoms with Crippen molar-refractivity contribution in [3.63, 3.8) is 0 Å². The molecule has 18 heavy (non-hydrogen) atoms. The lowest BCUT2D eigenvalue weighted by Gasteiger charge is -2.19. The Morgan fingerprint density at radius 2 is 1.94 bits per heavy atom. The summed E-state index contributed by atoms with van der Waals surface area (Å²) >= 11 is 0. The van der Waals surface area contributed by atoms with Gasteiger partial charge in [0, 0.05) is 6.04 Å². The van der Waals surface area contributed by atoms with Crippen molar-refractivity contribution in [2.24, 2.45) is 17.8 Å². The topological polar surface area (TPSA) is 66.4 Å². The van der Waals surface area contributed by atoms with E-state index in [2.05, 4.69) is 12.2 Å². The number of amides is 1. The third-order valence-electron chi connectivity index (χ3n) is 3.83. The van der Waals surface area contributed by atoms with Crippen molar-refractivity contribution in [3.05, 3.63) is 0 Å². The first-order valence-corrected chi connectivity index (χ1v) is 6.98. The summed E-state index contributed by atoms with van der Waals surface area (Å²) in [6.45, 7) is 6.12. The van der Waals surface area contributed by atoms with E-state index >= 15 is 0 Å². The molecule has 0 bridgehead atoms. The van der Waals surface area contributed by atoms with E-state index in [1.807, 2.05) is 13.8 Å².